The van der Waals surface area contributed by atoms with E-state index < -0.39 is 6.04 Å². The molecule has 1 saturated heterocycles. The van der Waals surface area contributed by atoms with Gasteiger partial charge in [-0.15, -0.1) is 6.58 Å². The summed E-state index contributed by atoms with van der Waals surface area (Å²) in [5.41, 5.74) is 5.74. The summed E-state index contributed by atoms with van der Waals surface area (Å²) in [6.07, 6.45) is 4.40. The second kappa shape index (κ2) is 5.88. The Morgan fingerprint density at radius 2 is 2.53 bits per heavy atom. The molecular weight excluding hydrogens is 192 g/mol. The van der Waals surface area contributed by atoms with E-state index in [0.717, 1.165) is 19.4 Å². The Morgan fingerprint density at radius 3 is 3.13 bits per heavy atom. The van der Waals surface area contributed by atoms with Crippen molar-refractivity contribution < 1.29 is 9.53 Å². The van der Waals surface area contributed by atoms with Gasteiger partial charge in [-0.2, -0.15) is 0 Å². The molecule has 1 heterocycles. The lowest BCUT2D eigenvalue weighted by Gasteiger charge is -2.33. The molecule has 1 aliphatic rings. The van der Waals surface area contributed by atoms with Crippen molar-refractivity contribution in [2.75, 3.05) is 20.2 Å². The Balaban J connectivity index is 2.47. The Labute approximate surface area is 91.1 Å². The van der Waals surface area contributed by atoms with Gasteiger partial charge in [0.05, 0.1) is 12.1 Å². The summed E-state index contributed by atoms with van der Waals surface area (Å²) in [6.45, 7) is 5.05. The maximum Gasteiger partial charge on any atom is 0.239 e. The topological polar surface area (TPSA) is 55.6 Å². The van der Waals surface area contributed by atoms with Crippen LogP contribution in [0, 0.1) is 0 Å². The molecule has 0 aromatic heterocycles. The summed E-state index contributed by atoms with van der Waals surface area (Å²) in [5.74, 6) is 0.0108. The van der Waals surface area contributed by atoms with Crippen LogP contribution in [0.1, 0.15) is 19.3 Å². The van der Waals surface area contributed by atoms with Crippen molar-refractivity contribution in [3.63, 3.8) is 0 Å². The van der Waals surface area contributed by atoms with E-state index >= 15 is 0 Å². The molecule has 0 bridgehead atoms. The third-order valence-electron chi connectivity index (χ3n) is 2.76. The van der Waals surface area contributed by atoms with Crippen molar-refractivity contribution in [2.24, 2.45) is 5.73 Å². The van der Waals surface area contributed by atoms with Crippen molar-refractivity contribution in [1.29, 1.82) is 0 Å². The highest BCUT2D eigenvalue weighted by atomic mass is 16.5. The molecule has 1 fully saturated rings. The fraction of sp³-hybridized carbons (Fsp3) is 0.727. The molecular formula is C11H20N2O2. The number of carbonyl (C=O) groups excluding carboxylic acids is 1. The number of hydrogen-bond acceptors (Lipinski definition) is 3. The van der Waals surface area contributed by atoms with Gasteiger partial charge in [-0.1, -0.05) is 6.08 Å². The first-order valence-corrected chi connectivity index (χ1v) is 5.37. The quantitative estimate of drug-likeness (QED) is 0.691. The minimum atomic E-state index is -0.446. The van der Waals surface area contributed by atoms with Crippen LogP contribution in [0.5, 0.6) is 0 Å². The van der Waals surface area contributed by atoms with Gasteiger partial charge >= 0.3 is 0 Å². The number of likely N-dealkylation sites (tertiary alicyclic amines) is 1. The molecule has 0 aromatic carbocycles. The van der Waals surface area contributed by atoms with E-state index in [1.807, 2.05) is 0 Å². The standard InChI is InChI=1S/C11H20N2O2/c1-3-5-10(12)11(14)13-7-4-6-9(8-13)15-2/h3,9-10H,1,4-8,12H2,2H3. The van der Waals surface area contributed by atoms with E-state index in [1.165, 1.54) is 0 Å². The molecule has 2 atom stereocenters. The molecule has 4 nitrogen and oxygen atoms in total. The van der Waals surface area contributed by atoms with E-state index in [1.54, 1.807) is 18.1 Å². The molecule has 0 aromatic rings. The van der Waals surface area contributed by atoms with Crippen molar-refractivity contribution in [3.05, 3.63) is 12.7 Å². The Morgan fingerprint density at radius 1 is 1.80 bits per heavy atom. The first-order valence-electron chi connectivity index (χ1n) is 5.37. The fourth-order valence-corrected chi connectivity index (χ4v) is 1.85. The van der Waals surface area contributed by atoms with Gasteiger partial charge in [-0.25, -0.2) is 0 Å². The molecule has 1 aliphatic heterocycles. The minimum Gasteiger partial charge on any atom is -0.380 e. The highest BCUT2D eigenvalue weighted by Crippen LogP contribution is 2.13. The lowest BCUT2D eigenvalue weighted by molar-refractivity contribution is -0.136. The smallest absolute Gasteiger partial charge is 0.239 e. The van der Waals surface area contributed by atoms with E-state index in [4.69, 9.17) is 10.5 Å². The number of carbonyl (C=O) groups is 1. The molecule has 0 radical (unpaired) electrons. The lowest BCUT2D eigenvalue weighted by Crippen LogP contribution is -2.49. The molecule has 2 unspecified atom stereocenters. The third kappa shape index (κ3) is 3.32. The zero-order valence-corrected chi connectivity index (χ0v) is 9.32. The van der Waals surface area contributed by atoms with Gasteiger partial charge in [0.1, 0.15) is 0 Å². The van der Waals surface area contributed by atoms with Gasteiger partial charge < -0.3 is 15.4 Å². The monoisotopic (exact) mass is 212 g/mol. The van der Waals surface area contributed by atoms with Crippen LogP contribution in [-0.4, -0.2) is 43.2 Å². The first-order chi connectivity index (χ1) is 7.19. The van der Waals surface area contributed by atoms with Crippen molar-refractivity contribution >= 4 is 5.91 Å². The fourth-order valence-electron chi connectivity index (χ4n) is 1.85. The predicted octanol–water partition coefficient (Wildman–Crippen LogP) is 0.527. The molecule has 0 saturated carbocycles. The highest BCUT2D eigenvalue weighted by molar-refractivity contribution is 5.81. The van der Waals surface area contributed by atoms with Crippen LogP contribution >= 0.6 is 0 Å². The Hall–Kier alpha value is -0.870. The maximum atomic E-state index is 11.8. The zero-order chi connectivity index (χ0) is 11.3. The molecule has 1 amide bonds. The van der Waals surface area contributed by atoms with E-state index in [9.17, 15) is 4.79 Å². The molecule has 4 heteroatoms. The number of nitrogens with two attached hydrogens (primary N) is 1. The molecule has 86 valence electrons. The zero-order valence-electron chi connectivity index (χ0n) is 9.32. The predicted molar refractivity (Wildman–Crippen MR) is 59.4 cm³/mol. The third-order valence-corrected chi connectivity index (χ3v) is 2.76. The van der Waals surface area contributed by atoms with Crippen LogP contribution < -0.4 is 5.73 Å². The number of methoxy groups -OCH3 is 1. The number of amides is 1. The van der Waals surface area contributed by atoms with Crippen LogP contribution in [-0.2, 0) is 9.53 Å². The average molecular weight is 212 g/mol. The maximum absolute atomic E-state index is 11.8. The molecule has 0 spiro atoms. The highest BCUT2D eigenvalue weighted by Gasteiger charge is 2.26. The number of piperidine rings is 1. The lowest BCUT2D eigenvalue weighted by atomic mass is 10.1. The number of hydrogen-bond donors (Lipinski definition) is 1. The summed E-state index contributed by atoms with van der Waals surface area (Å²) < 4.78 is 5.26. The van der Waals surface area contributed by atoms with Gasteiger partial charge in [0.25, 0.3) is 0 Å². The second-order valence-corrected chi connectivity index (χ2v) is 3.92. The van der Waals surface area contributed by atoms with Gasteiger partial charge in [0.15, 0.2) is 0 Å². The van der Waals surface area contributed by atoms with Gasteiger partial charge in [0, 0.05) is 20.2 Å². The summed E-state index contributed by atoms with van der Waals surface area (Å²) in [7, 11) is 1.68. The molecule has 0 aliphatic carbocycles. The molecule has 2 N–H and O–H groups in total. The van der Waals surface area contributed by atoms with Crippen LogP contribution in [0.2, 0.25) is 0 Å². The summed E-state index contributed by atoms with van der Waals surface area (Å²) in [5, 5.41) is 0. The first kappa shape index (κ1) is 12.2. The normalized spacial score (nSPS) is 23.6. The SMILES string of the molecule is C=CCC(N)C(=O)N1CCCC(OC)C1. The Kier molecular flexibility index (Phi) is 4.78. The van der Waals surface area contributed by atoms with Crippen molar-refractivity contribution in [2.45, 2.75) is 31.4 Å². The summed E-state index contributed by atoms with van der Waals surface area (Å²) >= 11 is 0. The van der Waals surface area contributed by atoms with Crippen molar-refractivity contribution in [3.8, 4) is 0 Å². The number of rotatable bonds is 4. The van der Waals surface area contributed by atoms with E-state index in [2.05, 4.69) is 6.58 Å². The minimum absolute atomic E-state index is 0.0108. The van der Waals surface area contributed by atoms with Crippen LogP contribution in [0.4, 0.5) is 0 Å². The van der Waals surface area contributed by atoms with Gasteiger partial charge in [-0.05, 0) is 19.3 Å². The van der Waals surface area contributed by atoms with E-state index in [-0.39, 0.29) is 12.0 Å². The second-order valence-electron chi connectivity index (χ2n) is 3.92. The Bertz CT molecular complexity index is 231. The average Bonchev–Trinajstić information content (AvgIpc) is 2.28. The molecule has 1 rings (SSSR count). The number of ether oxygens (including phenoxy) is 1. The van der Waals surface area contributed by atoms with Gasteiger partial charge in [-0.3, -0.25) is 4.79 Å². The van der Waals surface area contributed by atoms with Gasteiger partial charge in [0.2, 0.25) is 5.91 Å². The summed E-state index contributed by atoms with van der Waals surface area (Å²) in [4.78, 5) is 13.6. The molecule has 15 heavy (non-hydrogen) atoms. The number of nitrogens with zero attached hydrogens (tertiary/aromatic N) is 1. The summed E-state index contributed by atoms with van der Waals surface area (Å²) in [6, 6.07) is -0.446. The van der Waals surface area contributed by atoms with Crippen LogP contribution in [0.25, 0.3) is 0 Å². The largest absolute Gasteiger partial charge is 0.380 e. The van der Waals surface area contributed by atoms with Crippen LogP contribution in [0.15, 0.2) is 12.7 Å². The van der Waals surface area contributed by atoms with E-state index in [0.29, 0.717) is 13.0 Å². The van der Waals surface area contributed by atoms with Crippen LogP contribution in [0.3, 0.4) is 0 Å². The van der Waals surface area contributed by atoms with Crippen molar-refractivity contribution in [1.82, 2.24) is 4.90 Å².